The lowest BCUT2D eigenvalue weighted by atomic mass is 9.76. The Balaban J connectivity index is 1.29. The zero-order valence-electron chi connectivity index (χ0n) is 11.3. The molecule has 0 spiro atoms. The molecule has 1 N–H and O–H groups in total. The van der Waals surface area contributed by atoms with Crippen LogP contribution in [0.4, 0.5) is 4.39 Å². The molecule has 1 aromatic carbocycles. The van der Waals surface area contributed by atoms with Gasteiger partial charge in [-0.1, -0.05) is 12.1 Å². The van der Waals surface area contributed by atoms with Crippen molar-refractivity contribution >= 4 is 0 Å². The fourth-order valence-electron chi connectivity index (χ4n) is 2.69. The maximum absolute atomic E-state index is 13.1. The highest BCUT2D eigenvalue weighted by molar-refractivity contribution is 5.23. The summed E-state index contributed by atoms with van der Waals surface area (Å²) < 4.78 is 18.7. The first-order valence-corrected chi connectivity index (χ1v) is 7.38. The molecule has 2 aliphatic rings. The van der Waals surface area contributed by atoms with E-state index in [1.165, 1.54) is 18.9 Å². The van der Waals surface area contributed by atoms with Gasteiger partial charge in [0.2, 0.25) is 0 Å². The topological polar surface area (TPSA) is 21.3 Å². The van der Waals surface area contributed by atoms with Crippen molar-refractivity contribution < 1.29 is 9.13 Å². The van der Waals surface area contributed by atoms with E-state index in [-0.39, 0.29) is 5.82 Å². The summed E-state index contributed by atoms with van der Waals surface area (Å²) in [7, 11) is 0. The van der Waals surface area contributed by atoms with Gasteiger partial charge in [-0.15, -0.1) is 0 Å². The minimum atomic E-state index is -0.123. The van der Waals surface area contributed by atoms with Crippen molar-refractivity contribution in [1.29, 1.82) is 0 Å². The van der Waals surface area contributed by atoms with Crippen LogP contribution in [0.3, 0.4) is 0 Å². The fraction of sp³-hybridized carbons (Fsp3) is 0.625. The van der Waals surface area contributed by atoms with Crippen molar-refractivity contribution in [2.24, 2.45) is 5.92 Å². The smallest absolute Gasteiger partial charge is 0.123 e. The van der Waals surface area contributed by atoms with Gasteiger partial charge in [0.15, 0.2) is 0 Å². The number of rotatable bonds is 7. The summed E-state index contributed by atoms with van der Waals surface area (Å²) in [5.74, 6) is 1.25. The number of benzene rings is 1. The van der Waals surface area contributed by atoms with Crippen LogP contribution in [-0.4, -0.2) is 25.8 Å². The third-order valence-electron chi connectivity index (χ3n) is 4.19. The highest BCUT2D eigenvalue weighted by Gasteiger charge is 2.29. The fourth-order valence-corrected chi connectivity index (χ4v) is 2.69. The molecule has 2 fully saturated rings. The van der Waals surface area contributed by atoms with Crippen LogP contribution in [0.5, 0.6) is 0 Å². The van der Waals surface area contributed by atoms with Crippen LogP contribution < -0.4 is 5.32 Å². The molecule has 0 amide bonds. The third-order valence-corrected chi connectivity index (χ3v) is 4.19. The lowest BCUT2D eigenvalue weighted by Gasteiger charge is -2.36. The Hall–Kier alpha value is -0.930. The molecule has 3 rings (SSSR count). The Morgan fingerprint density at radius 2 is 2.11 bits per heavy atom. The summed E-state index contributed by atoms with van der Waals surface area (Å²) in [5, 5.41) is 3.51. The molecule has 1 aromatic rings. The van der Waals surface area contributed by atoms with E-state index in [0.717, 1.165) is 44.1 Å². The zero-order chi connectivity index (χ0) is 13.1. The molecular formula is C16H22FNO. The quantitative estimate of drug-likeness (QED) is 0.763. The Kier molecular flexibility index (Phi) is 4.14. The van der Waals surface area contributed by atoms with Gasteiger partial charge in [-0.05, 0) is 55.2 Å². The summed E-state index contributed by atoms with van der Waals surface area (Å²) in [6, 6.07) is 7.59. The number of nitrogens with one attached hydrogen (secondary N) is 1. The molecule has 0 aliphatic heterocycles. The van der Waals surface area contributed by atoms with Crippen molar-refractivity contribution in [3.05, 3.63) is 35.6 Å². The van der Waals surface area contributed by atoms with Crippen LogP contribution in [0.15, 0.2) is 24.3 Å². The molecule has 104 valence electrons. The second-order valence-corrected chi connectivity index (χ2v) is 5.89. The van der Waals surface area contributed by atoms with E-state index in [9.17, 15) is 4.39 Å². The average Bonchev–Trinajstić information content (AvgIpc) is 3.15. The van der Waals surface area contributed by atoms with E-state index in [4.69, 9.17) is 4.74 Å². The third kappa shape index (κ3) is 3.77. The highest BCUT2D eigenvalue weighted by Crippen LogP contribution is 2.36. The van der Waals surface area contributed by atoms with Crippen molar-refractivity contribution in [3.8, 4) is 0 Å². The van der Waals surface area contributed by atoms with Gasteiger partial charge in [0.1, 0.15) is 5.82 Å². The molecule has 0 saturated heterocycles. The summed E-state index contributed by atoms with van der Waals surface area (Å²) in [5.41, 5.74) is 1.14. The molecule has 0 radical (unpaired) electrons. The molecule has 2 saturated carbocycles. The van der Waals surface area contributed by atoms with Gasteiger partial charge in [-0.25, -0.2) is 4.39 Å². The minimum absolute atomic E-state index is 0.123. The van der Waals surface area contributed by atoms with Gasteiger partial charge < -0.3 is 10.1 Å². The Morgan fingerprint density at radius 1 is 1.26 bits per heavy atom. The molecule has 0 bridgehead atoms. The van der Waals surface area contributed by atoms with E-state index in [1.54, 1.807) is 12.1 Å². The van der Waals surface area contributed by atoms with Crippen LogP contribution in [0.2, 0.25) is 0 Å². The minimum Gasteiger partial charge on any atom is -0.380 e. The van der Waals surface area contributed by atoms with Crippen molar-refractivity contribution in [2.45, 2.75) is 37.6 Å². The molecule has 19 heavy (non-hydrogen) atoms. The van der Waals surface area contributed by atoms with Crippen molar-refractivity contribution in [3.63, 3.8) is 0 Å². The van der Waals surface area contributed by atoms with E-state index in [0.29, 0.717) is 12.0 Å². The average molecular weight is 263 g/mol. The first-order valence-electron chi connectivity index (χ1n) is 7.38. The lowest BCUT2D eigenvalue weighted by Crippen LogP contribution is -2.41. The predicted molar refractivity (Wildman–Crippen MR) is 73.7 cm³/mol. The predicted octanol–water partition coefficient (Wildman–Crippen LogP) is 3.09. The lowest BCUT2D eigenvalue weighted by molar-refractivity contribution is 0.120. The van der Waals surface area contributed by atoms with Gasteiger partial charge in [-0.3, -0.25) is 0 Å². The SMILES string of the molecule is Fc1cccc(C2CC(NCCOCC3CC3)C2)c1. The number of ether oxygens (including phenoxy) is 1. The van der Waals surface area contributed by atoms with Gasteiger partial charge >= 0.3 is 0 Å². The second kappa shape index (κ2) is 6.02. The Morgan fingerprint density at radius 3 is 2.84 bits per heavy atom. The largest absolute Gasteiger partial charge is 0.380 e. The Bertz CT molecular complexity index is 413. The number of halogens is 1. The van der Waals surface area contributed by atoms with E-state index in [2.05, 4.69) is 5.32 Å². The first-order chi connectivity index (χ1) is 9.31. The molecule has 0 heterocycles. The van der Waals surface area contributed by atoms with Crippen LogP contribution >= 0.6 is 0 Å². The van der Waals surface area contributed by atoms with Gasteiger partial charge in [-0.2, -0.15) is 0 Å². The Labute approximate surface area is 114 Å². The first kappa shape index (κ1) is 13.1. The van der Waals surface area contributed by atoms with Gasteiger partial charge in [0, 0.05) is 19.2 Å². The van der Waals surface area contributed by atoms with E-state index < -0.39 is 0 Å². The molecule has 2 nitrogen and oxygen atoms in total. The molecule has 0 aromatic heterocycles. The summed E-state index contributed by atoms with van der Waals surface area (Å²) in [4.78, 5) is 0. The molecule has 3 heteroatoms. The van der Waals surface area contributed by atoms with Crippen LogP contribution in [0.1, 0.15) is 37.2 Å². The van der Waals surface area contributed by atoms with Crippen LogP contribution in [0.25, 0.3) is 0 Å². The number of hydrogen-bond acceptors (Lipinski definition) is 2. The summed E-state index contributed by atoms with van der Waals surface area (Å²) in [6.45, 7) is 2.70. The van der Waals surface area contributed by atoms with Crippen molar-refractivity contribution in [2.75, 3.05) is 19.8 Å². The molecular weight excluding hydrogens is 241 g/mol. The van der Waals surface area contributed by atoms with E-state index in [1.807, 2.05) is 6.07 Å². The number of hydrogen-bond donors (Lipinski definition) is 1. The molecule has 2 aliphatic carbocycles. The standard InChI is InChI=1S/C16H22FNO/c17-15-3-1-2-13(8-15)14-9-16(10-14)18-6-7-19-11-12-4-5-12/h1-3,8,12,14,16,18H,4-7,9-11H2. The van der Waals surface area contributed by atoms with E-state index >= 15 is 0 Å². The highest BCUT2D eigenvalue weighted by atomic mass is 19.1. The van der Waals surface area contributed by atoms with Crippen LogP contribution in [0, 0.1) is 11.7 Å². The summed E-state index contributed by atoms with van der Waals surface area (Å²) >= 11 is 0. The zero-order valence-corrected chi connectivity index (χ0v) is 11.3. The molecule has 0 unspecified atom stereocenters. The second-order valence-electron chi connectivity index (χ2n) is 5.89. The van der Waals surface area contributed by atoms with Gasteiger partial charge in [0.25, 0.3) is 0 Å². The van der Waals surface area contributed by atoms with Crippen LogP contribution in [-0.2, 0) is 4.74 Å². The maximum Gasteiger partial charge on any atom is 0.123 e. The summed E-state index contributed by atoms with van der Waals surface area (Å²) in [6.07, 6.45) is 4.94. The monoisotopic (exact) mass is 263 g/mol. The maximum atomic E-state index is 13.1. The van der Waals surface area contributed by atoms with Crippen molar-refractivity contribution in [1.82, 2.24) is 5.32 Å². The molecule has 0 atom stereocenters. The normalized spacial score (nSPS) is 26.2. The van der Waals surface area contributed by atoms with Gasteiger partial charge in [0.05, 0.1) is 6.61 Å².